The van der Waals surface area contributed by atoms with Gasteiger partial charge < -0.3 is 20.1 Å². The number of rotatable bonds is 9. The molecule has 0 saturated carbocycles. The monoisotopic (exact) mass is 352 g/mol. The Balaban J connectivity index is 3.11. The number of carbonyl (C=O) groups excluding carboxylic acids is 1. The van der Waals surface area contributed by atoms with Crippen molar-refractivity contribution < 1.29 is 24.6 Å². The molecule has 1 aromatic heterocycles. The van der Waals surface area contributed by atoms with Crippen LogP contribution in [0.25, 0.3) is 0 Å². The van der Waals surface area contributed by atoms with Crippen LogP contribution < -0.4 is 10.9 Å². The van der Waals surface area contributed by atoms with Crippen molar-refractivity contribution in [2.24, 2.45) is 0 Å². The number of nitrogens with zero attached hydrogens (tertiary/aromatic N) is 1. The topological polar surface area (TPSA) is 126 Å². The molecule has 25 heavy (non-hydrogen) atoms. The number of carboxylic acid groups (broad SMARTS) is 2. The largest absolute Gasteiger partial charge is 0.481 e. The molecule has 1 amide bonds. The van der Waals surface area contributed by atoms with E-state index in [0.717, 1.165) is 24.1 Å². The van der Waals surface area contributed by atoms with Crippen LogP contribution in [0, 0.1) is 13.8 Å². The van der Waals surface area contributed by atoms with E-state index in [4.69, 9.17) is 10.2 Å². The van der Waals surface area contributed by atoms with Crippen LogP contribution in [-0.4, -0.2) is 38.7 Å². The minimum absolute atomic E-state index is 0.138. The van der Waals surface area contributed by atoms with Crippen LogP contribution in [-0.2, 0) is 16.1 Å². The van der Waals surface area contributed by atoms with E-state index in [-0.39, 0.29) is 12.0 Å². The number of unbranched alkanes of at least 4 members (excludes halogenated alkanes) is 1. The summed E-state index contributed by atoms with van der Waals surface area (Å²) in [6.07, 6.45) is 1.01. The number of hydrogen-bond donors (Lipinski definition) is 3. The second-order valence-electron chi connectivity index (χ2n) is 5.93. The molecule has 0 radical (unpaired) electrons. The molecular weight excluding hydrogens is 328 g/mol. The zero-order valence-corrected chi connectivity index (χ0v) is 14.7. The number of amides is 1. The number of nitrogens with one attached hydrogen (secondary N) is 1. The molecule has 1 rings (SSSR count). The van der Waals surface area contributed by atoms with E-state index in [1.807, 2.05) is 6.92 Å². The highest BCUT2D eigenvalue weighted by Gasteiger charge is 2.24. The highest BCUT2D eigenvalue weighted by atomic mass is 16.4. The van der Waals surface area contributed by atoms with E-state index in [1.165, 1.54) is 10.6 Å². The normalized spacial score (nSPS) is 11.8. The Bertz CT molecular complexity index is 723. The molecule has 0 saturated heterocycles. The Morgan fingerprint density at radius 1 is 1.24 bits per heavy atom. The maximum atomic E-state index is 12.6. The molecule has 3 N–H and O–H groups in total. The van der Waals surface area contributed by atoms with Crippen molar-refractivity contribution in [1.29, 1.82) is 0 Å². The fraction of sp³-hybridized carbons (Fsp3) is 0.529. The minimum atomic E-state index is -1.37. The number of carbonyl (C=O) groups is 3. The van der Waals surface area contributed by atoms with Crippen LogP contribution in [0.5, 0.6) is 0 Å². The van der Waals surface area contributed by atoms with Gasteiger partial charge in [-0.15, -0.1) is 0 Å². The van der Waals surface area contributed by atoms with Crippen LogP contribution in [0.15, 0.2) is 10.9 Å². The fourth-order valence-electron chi connectivity index (χ4n) is 2.40. The highest BCUT2D eigenvalue weighted by molar-refractivity contribution is 5.96. The van der Waals surface area contributed by atoms with E-state index in [2.05, 4.69) is 5.32 Å². The number of hydrogen-bond acceptors (Lipinski definition) is 4. The van der Waals surface area contributed by atoms with Gasteiger partial charge in [-0.3, -0.25) is 14.4 Å². The van der Waals surface area contributed by atoms with Gasteiger partial charge in [-0.1, -0.05) is 13.3 Å². The first-order chi connectivity index (χ1) is 11.7. The molecule has 8 heteroatoms. The number of aromatic nitrogens is 1. The van der Waals surface area contributed by atoms with Gasteiger partial charge in [0.05, 0.1) is 0 Å². The number of pyridine rings is 1. The molecule has 1 aromatic rings. The van der Waals surface area contributed by atoms with E-state index in [9.17, 15) is 19.2 Å². The molecule has 0 bridgehead atoms. The molecule has 0 aliphatic rings. The predicted molar refractivity (Wildman–Crippen MR) is 90.8 cm³/mol. The van der Waals surface area contributed by atoms with Crippen molar-refractivity contribution in [2.45, 2.75) is 59.0 Å². The van der Waals surface area contributed by atoms with E-state index in [1.54, 1.807) is 13.8 Å². The van der Waals surface area contributed by atoms with Gasteiger partial charge in [0, 0.05) is 18.7 Å². The van der Waals surface area contributed by atoms with Crippen LogP contribution in [0.4, 0.5) is 0 Å². The van der Waals surface area contributed by atoms with Crippen molar-refractivity contribution in [3.63, 3.8) is 0 Å². The second kappa shape index (κ2) is 9.00. The molecule has 0 unspecified atom stereocenters. The maximum Gasteiger partial charge on any atom is 0.326 e. The molecule has 0 aliphatic carbocycles. The Kier molecular flexibility index (Phi) is 7.35. The molecule has 1 atom stereocenters. The molecule has 0 fully saturated rings. The van der Waals surface area contributed by atoms with Crippen LogP contribution in [0.2, 0.25) is 0 Å². The van der Waals surface area contributed by atoms with Crippen LogP contribution >= 0.6 is 0 Å². The van der Waals surface area contributed by atoms with Crippen LogP contribution in [0.3, 0.4) is 0 Å². The maximum absolute atomic E-state index is 12.6. The van der Waals surface area contributed by atoms with Gasteiger partial charge in [0.2, 0.25) is 0 Å². The van der Waals surface area contributed by atoms with Gasteiger partial charge in [-0.25, -0.2) is 4.79 Å². The third-order valence-corrected chi connectivity index (χ3v) is 4.04. The minimum Gasteiger partial charge on any atom is -0.481 e. The highest BCUT2D eigenvalue weighted by Crippen LogP contribution is 2.09. The lowest BCUT2D eigenvalue weighted by Gasteiger charge is -2.16. The molecule has 0 aromatic carbocycles. The summed E-state index contributed by atoms with van der Waals surface area (Å²) in [6, 6.07) is 0.0691. The standard InChI is InChI=1S/C17H24N2O6/c1-4-5-8-19-11(3)10(2)9-12(16(19)23)15(22)18-13(17(24)25)6-7-14(20)21/h9,13H,4-8H2,1-3H3,(H,18,22)(H,20,21)(H,24,25)/t13-/m0/s1. The summed E-state index contributed by atoms with van der Waals surface area (Å²) in [6.45, 7) is 6.03. The van der Waals surface area contributed by atoms with Gasteiger partial charge in [-0.2, -0.15) is 0 Å². The molecule has 0 spiro atoms. The zero-order valence-electron chi connectivity index (χ0n) is 14.7. The summed E-state index contributed by atoms with van der Waals surface area (Å²) < 4.78 is 1.51. The average Bonchev–Trinajstić information content (AvgIpc) is 2.54. The van der Waals surface area contributed by atoms with Crippen molar-refractivity contribution in [2.75, 3.05) is 0 Å². The molecule has 1 heterocycles. The third-order valence-electron chi connectivity index (χ3n) is 4.04. The quantitative estimate of drug-likeness (QED) is 0.615. The summed E-state index contributed by atoms with van der Waals surface area (Å²) in [5.74, 6) is -3.31. The number of carboxylic acids is 2. The van der Waals surface area contributed by atoms with Crippen molar-refractivity contribution in [1.82, 2.24) is 9.88 Å². The summed E-state index contributed by atoms with van der Waals surface area (Å²) in [5.41, 5.74) is 0.895. The summed E-state index contributed by atoms with van der Waals surface area (Å²) in [5, 5.41) is 20.0. The smallest absolute Gasteiger partial charge is 0.326 e. The van der Waals surface area contributed by atoms with Gasteiger partial charge >= 0.3 is 11.9 Å². The second-order valence-corrected chi connectivity index (χ2v) is 5.93. The van der Waals surface area contributed by atoms with E-state index < -0.39 is 35.9 Å². The first-order valence-electron chi connectivity index (χ1n) is 8.15. The first-order valence-corrected chi connectivity index (χ1v) is 8.15. The predicted octanol–water partition coefficient (Wildman–Crippen LogP) is 1.31. The summed E-state index contributed by atoms with van der Waals surface area (Å²) >= 11 is 0. The van der Waals surface area contributed by atoms with E-state index >= 15 is 0 Å². The van der Waals surface area contributed by atoms with Crippen molar-refractivity contribution >= 4 is 17.8 Å². The van der Waals surface area contributed by atoms with E-state index in [0.29, 0.717) is 6.54 Å². The molecule has 138 valence electrons. The lowest BCUT2D eigenvalue weighted by Crippen LogP contribution is -2.43. The Hall–Kier alpha value is -2.64. The average molecular weight is 352 g/mol. The lowest BCUT2D eigenvalue weighted by atomic mass is 10.1. The number of aryl methyl sites for hydroxylation is 1. The molecular formula is C17H24N2O6. The van der Waals surface area contributed by atoms with Gasteiger partial charge in [-0.05, 0) is 38.3 Å². The van der Waals surface area contributed by atoms with Gasteiger partial charge in [0.15, 0.2) is 0 Å². The first kappa shape index (κ1) is 20.4. The summed E-state index contributed by atoms with van der Waals surface area (Å²) in [4.78, 5) is 46.8. The van der Waals surface area contributed by atoms with Crippen molar-refractivity contribution in [3.8, 4) is 0 Å². The molecule has 8 nitrogen and oxygen atoms in total. The number of aliphatic carboxylic acids is 2. The van der Waals surface area contributed by atoms with Crippen molar-refractivity contribution in [3.05, 3.63) is 33.2 Å². The van der Waals surface area contributed by atoms with Gasteiger partial charge in [0.1, 0.15) is 11.6 Å². The van der Waals surface area contributed by atoms with Gasteiger partial charge in [0.25, 0.3) is 11.5 Å². The Morgan fingerprint density at radius 3 is 2.40 bits per heavy atom. The lowest BCUT2D eigenvalue weighted by molar-refractivity contribution is -0.140. The Labute approximate surface area is 145 Å². The molecule has 0 aliphatic heterocycles. The Morgan fingerprint density at radius 2 is 1.88 bits per heavy atom. The summed E-state index contributed by atoms with van der Waals surface area (Å²) in [7, 11) is 0. The fourth-order valence-corrected chi connectivity index (χ4v) is 2.40. The zero-order chi connectivity index (χ0) is 19.1. The van der Waals surface area contributed by atoms with Crippen LogP contribution in [0.1, 0.15) is 54.2 Å². The third kappa shape index (κ3) is 5.44. The SMILES string of the molecule is CCCCn1c(C)c(C)cc(C(=O)N[C@@H](CCC(=O)O)C(=O)O)c1=O.